The molecule has 1 N–H and O–H groups in total. The topological polar surface area (TPSA) is 77.5 Å². The average Bonchev–Trinajstić information content (AvgIpc) is 2.91. The molecule has 6 nitrogen and oxygen atoms in total. The first kappa shape index (κ1) is 17.6. The summed E-state index contributed by atoms with van der Waals surface area (Å²) in [6, 6.07) is 0.180. The summed E-state index contributed by atoms with van der Waals surface area (Å²) in [4.78, 5) is 27.0. The Morgan fingerprint density at radius 1 is 1.43 bits per heavy atom. The maximum atomic E-state index is 11.5. The predicted octanol–water partition coefficient (Wildman–Crippen LogP) is 2.17. The first-order valence-corrected chi connectivity index (χ1v) is 7.65. The van der Waals surface area contributed by atoms with E-state index in [0.29, 0.717) is 17.3 Å². The van der Waals surface area contributed by atoms with Crippen molar-refractivity contribution in [2.75, 3.05) is 14.2 Å². The molecule has 118 valence electrons. The van der Waals surface area contributed by atoms with Gasteiger partial charge < -0.3 is 14.8 Å². The van der Waals surface area contributed by atoms with Gasteiger partial charge in [-0.25, -0.2) is 9.78 Å². The van der Waals surface area contributed by atoms with Gasteiger partial charge in [0.2, 0.25) is 0 Å². The monoisotopic (exact) mass is 314 g/mol. The SMILES string of the molecule is CN[C@H](C[C@@H](OC(C)=O)c1nc(C(=O)OC)cs1)C(C)C. The molecule has 1 aromatic heterocycles. The van der Waals surface area contributed by atoms with Crippen molar-refractivity contribution < 1.29 is 19.1 Å². The van der Waals surface area contributed by atoms with E-state index in [4.69, 9.17) is 4.74 Å². The quantitative estimate of drug-likeness (QED) is 0.777. The minimum atomic E-state index is -0.492. The molecule has 0 aliphatic rings. The van der Waals surface area contributed by atoms with Gasteiger partial charge in [0.05, 0.1) is 7.11 Å². The first-order valence-electron chi connectivity index (χ1n) is 6.77. The minimum absolute atomic E-state index is 0.180. The van der Waals surface area contributed by atoms with Crippen molar-refractivity contribution in [3.05, 3.63) is 16.1 Å². The normalized spacial score (nSPS) is 13.8. The molecule has 0 amide bonds. The van der Waals surface area contributed by atoms with Gasteiger partial charge in [0, 0.05) is 24.8 Å². The Kier molecular flexibility index (Phi) is 6.77. The highest BCUT2D eigenvalue weighted by atomic mass is 32.1. The zero-order valence-corrected chi connectivity index (χ0v) is 13.8. The van der Waals surface area contributed by atoms with Crippen LogP contribution in [0.25, 0.3) is 0 Å². The van der Waals surface area contributed by atoms with Gasteiger partial charge in [-0.1, -0.05) is 13.8 Å². The zero-order valence-electron chi connectivity index (χ0n) is 13.0. The van der Waals surface area contributed by atoms with E-state index in [0.717, 1.165) is 0 Å². The van der Waals surface area contributed by atoms with Crippen LogP contribution in [-0.2, 0) is 14.3 Å². The number of ether oxygens (including phenoxy) is 2. The van der Waals surface area contributed by atoms with Gasteiger partial charge in [-0.3, -0.25) is 4.79 Å². The lowest BCUT2D eigenvalue weighted by Gasteiger charge is -2.24. The molecule has 2 atom stereocenters. The smallest absolute Gasteiger partial charge is 0.357 e. The van der Waals surface area contributed by atoms with Gasteiger partial charge in [0.1, 0.15) is 5.01 Å². The third kappa shape index (κ3) is 5.09. The summed E-state index contributed by atoms with van der Waals surface area (Å²) in [6.07, 6.45) is 0.132. The number of thiazole rings is 1. The molecule has 0 radical (unpaired) electrons. The Morgan fingerprint density at radius 3 is 2.57 bits per heavy atom. The van der Waals surface area contributed by atoms with Crippen LogP contribution in [0, 0.1) is 5.92 Å². The number of rotatable bonds is 7. The summed E-state index contributed by atoms with van der Waals surface area (Å²) in [6.45, 7) is 5.55. The highest BCUT2D eigenvalue weighted by molar-refractivity contribution is 7.09. The lowest BCUT2D eigenvalue weighted by molar-refractivity contribution is -0.147. The van der Waals surface area contributed by atoms with Crippen LogP contribution in [0.1, 0.15) is 48.8 Å². The minimum Gasteiger partial charge on any atom is -0.464 e. The van der Waals surface area contributed by atoms with Crippen molar-refractivity contribution in [2.24, 2.45) is 5.92 Å². The van der Waals surface area contributed by atoms with Gasteiger partial charge >= 0.3 is 11.9 Å². The molecule has 0 unspecified atom stereocenters. The average molecular weight is 314 g/mol. The molecular formula is C14H22N2O4S. The fraction of sp³-hybridized carbons (Fsp3) is 0.643. The number of methoxy groups -OCH3 is 1. The maximum absolute atomic E-state index is 11.5. The van der Waals surface area contributed by atoms with Gasteiger partial charge in [-0.15, -0.1) is 11.3 Å². The second-order valence-electron chi connectivity index (χ2n) is 5.04. The molecular weight excluding hydrogens is 292 g/mol. The standard InChI is InChI=1S/C14H22N2O4S/c1-8(2)10(15-4)6-12(20-9(3)17)13-16-11(7-21-13)14(18)19-5/h7-8,10,12,15H,6H2,1-5H3/t10-,12-/m1/s1. The fourth-order valence-electron chi connectivity index (χ4n) is 1.99. The molecule has 21 heavy (non-hydrogen) atoms. The number of carbonyl (C=O) groups excluding carboxylic acids is 2. The third-order valence-electron chi connectivity index (χ3n) is 3.14. The Morgan fingerprint density at radius 2 is 2.10 bits per heavy atom. The van der Waals surface area contributed by atoms with Crippen LogP contribution in [0.3, 0.4) is 0 Å². The Labute approximate surface area is 128 Å². The number of esters is 2. The molecule has 0 aromatic carbocycles. The van der Waals surface area contributed by atoms with Gasteiger partial charge in [0.15, 0.2) is 11.8 Å². The molecule has 0 aliphatic heterocycles. The molecule has 0 spiro atoms. The number of nitrogens with zero attached hydrogens (tertiary/aromatic N) is 1. The fourth-order valence-corrected chi connectivity index (χ4v) is 2.82. The van der Waals surface area contributed by atoms with Crippen molar-refractivity contribution in [1.82, 2.24) is 10.3 Å². The van der Waals surface area contributed by atoms with Crippen LogP contribution in [0.5, 0.6) is 0 Å². The van der Waals surface area contributed by atoms with Crippen molar-refractivity contribution in [3.63, 3.8) is 0 Å². The number of aromatic nitrogens is 1. The largest absolute Gasteiger partial charge is 0.464 e. The highest BCUT2D eigenvalue weighted by Crippen LogP contribution is 2.28. The predicted molar refractivity (Wildman–Crippen MR) is 80.3 cm³/mol. The van der Waals surface area contributed by atoms with Crippen LogP contribution >= 0.6 is 11.3 Å². The third-order valence-corrected chi connectivity index (χ3v) is 4.08. The van der Waals surface area contributed by atoms with E-state index < -0.39 is 12.1 Å². The lowest BCUT2D eigenvalue weighted by Crippen LogP contribution is -2.33. The van der Waals surface area contributed by atoms with E-state index >= 15 is 0 Å². The highest BCUT2D eigenvalue weighted by Gasteiger charge is 2.25. The molecule has 0 saturated carbocycles. The molecule has 1 heterocycles. The number of nitrogens with one attached hydrogen (secondary N) is 1. The summed E-state index contributed by atoms with van der Waals surface area (Å²) >= 11 is 1.29. The number of hydrogen-bond donors (Lipinski definition) is 1. The Balaban J connectivity index is 2.93. The number of carbonyl (C=O) groups is 2. The molecule has 1 rings (SSSR count). The van der Waals surface area contributed by atoms with Gasteiger partial charge in [-0.2, -0.15) is 0 Å². The molecule has 0 bridgehead atoms. The van der Waals surface area contributed by atoms with E-state index in [1.165, 1.54) is 25.4 Å². The van der Waals surface area contributed by atoms with Crippen LogP contribution in [-0.4, -0.2) is 37.1 Å². The van der Waals surface area contributed by atoms with Gasteiger partial charge in [-0.05, 0) is 13.0 Å². The first-order chi connectivity index (χ1) is 9.88. The summed E-state index contributed by atoms with van der Waals surface area (Å²) in [5.41, 5.74) is 0.236. The van der Waals surface area contributed by atoms with Crippen LogP contribution in [0.2, 0.25) is 0 Å². The van der Waals surface area contributed by atoms with Crippen molar-refractivity contribution in [3.8, 4) is 0 Å². The molecule has 0 fully saturated rings. The second kappa shape index (κ2) is 8.09. The summed E-state index contributed by atoms with van der Waals surface area (Å²) in [5.74, 6) is -0.477. The van der Waals surface area contributed by atoms with E-state index in [2.05, 4.69) is 28.9 Å². The van der Waals surface area contributed by atoms with Crippen molar-refractivity contribution in [1.29, 1.82) is 0 Å². The Hall–Kier alpha value is -1.47. The zero-order chi connectivity index (χ0) is 16.0. The summed E-state index contributed by atoms with van der Waals surface area (Å²) < 4.78 is 10.00. The van der Waals surface area contributed by atoms with E-state index in [9.17, 15) is 9.59 Å². The second-order valence-corrected chi connectivity index (χ2v) is 5.93. The lowest BCUT2D eigenvalue weighted by atomic mass is 9.98. The summed E-state index contributed by atoms with van der Waals surface area (Å²) in [7, 11) is 3.18. The number of hydrogen-bond acceptors (Lipinski definition) is 7. The van der Waals surface area contributed by atoms with Gasteiger partial charge in [0.25, 0.3) is 0 Å². The van der Waals surface area contributed by atoms with Crippen molar-refractivity contribution in [2.45, 2.75) is 39.3 Å². The Bertz CT molecular complexity index is 487. The van der Waals surface area contributed by atoms with E-state index in [-0.39, 0.29) is 17.7 Å². The van der Waals surface area contributed by atoms with Crippen molar-refractivity contribution >= 4 is 23.3 Å². The van der Waals surface area contributed by atoms with Crippen LogP contribution in [0.4, 0.5) is 0 Å². The maximum Gasteiger partial charge on any atom is 0.357 e. The molecule has 0 aliphatic carbocycles. The molecule has 0 saturated heterocycles. The molecule has 7 heteroatoms. The molecule has 1 aromatic rings. The van der Waals surface area contributed by atoms with E-state index in [1.807, 2.05) is 7.05 Å². The summed E-state index contributed by atoms with van der Waals surface area (Å²) in [5, 5.41) is 5.43. The van der Waals surface area contributed by atoms with Crippen LogP contribution in [0.15, 0.2) is 5.38 Å². The van der Waals surface area contributed by atoms with Crippen LogP contribution < -0.4 is 5.32 Å². The van der Waals surface area contributed by atoms with E-state index in [1.54, 1.807) is 5.38 Å².